The van der Waals surface area contributed by atoms with E-state index in [-0.39, 0.29) is 11.9 Å². The molecule has 1 fully saturated rings. The lowest BCUT2D eigenvalue weighted by atomic mass is 10.0. The molecule has 0 radical (unpaired) electrons. The Bertz CT molecular complexity index is 1110. The standard InChI is InChI=1S/C25H28N4O4/c1-28-9-11-29(12-10-28)15-22(30)32-13-8-26-18-6-7-19-17(14-18)16-33-24(19)23-20-4-2-3-5-21(20)27-25(23)31/h2-7,14,26H,8-13,15-16H2,1H3,(H,27,31). The summed E-state index contributed by atoms with van der Waals surface area (Å²) < 4.78 is 11.3. The molecule has 0 saturated carbocycles. The average molecular weight is 449 g/mol. The van der Waals surface area contributed by atoms with Crippen molar-refractivity contribution in [2.24, 2.45) is 0 Å². The number of carbonyl (C=O) groups is 2. The van der Waals surface area contributed by atoms with Crippen molar-refractivity contribution in [1.29, 1.82) is 0 Å². The number of likely N-dealkylation sites (N-methyl/N-ethyl adjacent to an activating group) is 1. The maximum atomic E-state index is 12.6. The van der Waals surface area contributed by atoms with Gasteiger partial charge in [-0.3, -0.25) is 14.5 Å². The predicted octanol–water partition coefficient (Wildman–Crippen LogP) is 2.24. The second kappa shape index (κ2) is 9.25. The van der Waals surface area contributed by atoms with E-state index in [9.17, 15) is 9.59 Å². The molecule has 0 atom stereocenters. The number of hydrogen-bond acceptors (Lipinski definition) is 7. The number of amides is 1. The van der Waals surface area contributed by atoms with Crippen LogP contribution in [0.1, 0.15) is 16.7 Å². The first-order valence-corrected chi connectivity index (χ1v) is 11.3. The molecule has 8 heteroatoms. The van der Waals surface area contributed by atoms with Crippen molar-refractivity contribution in [3.63, 3.8) is 0 Å². The molecule has 2 aromatic rings. The van der Waals surface area contributed by atoms with Crippen molar-refractivity contribution in [3.8, 4) is 0 Å². The number of para-hydroxylation sites is 1. The van der Waals surface area contributed by atoms with Crippen LogP contribution >= 0.6 is 0 Å². The molecular weight excluding hydrogens is 420 g/mol. The van der Waals surface area contributed by atoms with Crippen molar-refractivity contribution in [3.05, 3.63) is 59.2 Å². The van der Waals surface area contributed by atoms with Crippen LogP contribution in [0, 0.1) is 0 Å². The van der Waals surface area contributed by atoms with Crippen molar-refractivity contribution in [2.45, 2.75) is 6.61 Å². The quantitative estimate of drug-likeness (QED) is 0.398. The van der Waals surface area contributed by atoms with E-state index >= 15 is 0 Å². The van der Waals surface area contributed by atoms with Crippen LogP contribution < -0.4 is 10.6 Å². The van der Waals surface area contributed by atoms with Gasteiger partial charge in [0.15, 0.2) is 0 Å². The fourth-order valence-corrected chi connectivity index (χ4v) is 4.42. The maximum Gasteiger partial charge on any atom is 0.320 e. The Hall–Kier alpha value is -3.36. The van der Waals surface area contributed by atoms with Gasteiger partial charge >= 0.3 is 5.97 Å². The minimum Gasteiger partial charge on any atom is -0.487 e. The lowest BCUT2D eigenvalue weighted by Crippen LogP contribution is -2.46. The molecule has 2 aromatic carbocycles. The highest BCUT2D eigenvalue weighted by Crippen LogP contribution is 2.41. The zero-order valence-corrected chi connectivity index (χ0v) is 18.7. The summed E-state index contributed by atoms with van der Waals surface area (Å²) in [4.78, 5) is 29.0. The SMILES string of the molecule is CN1CCN(CC(=O)OCCNc2ccc3c(c2)COC3=C2C(=O)Nc3ccccc32)CC1. The third kappa shape index (κ3) is 4.58. The Morgan fingerprint density at radius 3 is 2.79 bits per heavy atom. The Morgan fingerprint density at radius 1 is 1.12 bits per heavy atom. The van der Waals surface area contributed by atoms with E-state index in [0.717, 1.165) is 54.2 Å². The molecule has 0 aliphatic carbocycles. The second-order valence-corrected chi connectivity index (χ2v) is 8.59. The zero-order valence-electron chi connectivity index (χ0n) is 18.7. The van der Waals surface area contributed by atoms with E-state index in [1.807, 2.05) is 42.5 Å². The first-order chi connectivity index (χ1) is 16.1. The van der Waals surface area contributed by atoms with Crippen molar-refractivity contribution in [2.75, 3.05) is 63.6 Å². The topological polar surface area (TPSA) is 83.1 Å². The van der Waals surface area contributed by atoms with Gasteiger partial charge in [-0.05, 0) is 31.3 Å². The third-order valence-electron chi connectivity index (χ3n) is 6.26. The van der Waals surface area contributed by atoms with E-state index in [2.05, 4.69) is 27.5 Å². The summed E-state index contributed by atoms with van der Waals surface area (Å²) >= 11 is 0. The lowest BCUT2D eigenvalue weighted by molar-refractivity contribution is -0.144. The van der Waals surface area contributed by atoms with Gasteiger partial charge in [-0.2, -0.15) is 0 Å². The van der Waals surface area contributed by atoms with Gasteiger partial charge in [-0.25, -0.2) is 0 Å². The number of fused-ring (bicyclic) bond motifs is 2. The summed E-state index contributed by atoms with van der Waals surface area (Å²) in [6.45, 7) is 5.35. The molecule has 3 aliphatic rings. The fourth-order valence-electron chi connectivity index (χ4n) is 4.42. The van der Waals surface area contributed by atoms with E-state index in [1.54, 1.807) is 0 Å². The molecule has 3 heterocycles. The molecule has 0 aromatic heterocycles. The van der Waals surface area contributed by atoms with Gasteiger partial charge in [0, 0.05) is 60.8 Å². The molecule has 8 nitrogen and oxygen atoms in total. The van der Waals surface area contributed by atoms with Gasteiger partial charge in [-0.1, -0.05) is 18.2 Å². The van der Waals surface area contributed by atoms with Gasteiger partial charge < -0.3 is 25.0 Å². The largest absolute Gasteiger partial charge is 0.487 e. The van der Waals surface area contributed by atoms with Crippen molar-refractivity contribution in [1.82, 2.24) is 9.80 Å². The molecule has 5 rings (SSSR count). The first kappa shape index (κ1) is 21.5. The number of nitrogens with one attached hydrogen (secondary N) is 2. The predicted molar refractivity (Wildman–Crippen MR) is 127 cm³/mol. The number of benzene rings is 2. The molecule has 0 bridgehead atoms. The van der Waals surface area contributed by atoms with Crippen LogP contribution in [0.15, 0.2) is 42.5 Å². The molecule has 1 saturated heterocycles. The molecule has 33 heavy (non-hydrogen) atoms. The monoisotopic (exact) mass is 448 g/mol. The number of hydrogen-bond donors (Lipinski definition) is 2. The molecule has 1 amide bonds. The lowest BCUT2D eigenvalue weighted by Gasteiger charge is -2.31. The van der Waals surface area contributed by atoms with Crippen LogP contribution in [0.25, 0.3) is 11.3 Å². The Kier molecular flexibility index (Phi) is 6.02. The highest BCUT2D eigenvalue weighted by atomic mass is 16.5. The molecule has 172 valence electrons. The summed E-state index contributed by atoms with van der Waals surface area (Å²) in [5.74, 6) is 0.298. The highest BCUT2D eigenvalue weighted by molar-refractivity contribution is 6.36. The van der Waals surface area contributed by atoms with Crippen molar-refractivity contribution < 1.29 is 19.1 Å². The van der Waals surface area contributed by atoms with Gasteiger partial charge in [0.05, 0.1) is 12.1 Å². The normalized spacial score (nSPS) is 20.1. The summed E-state index contributed by atoms with van der Waals surface area (Å²) in [6.07, 6.45) is 0. The van der Waals surface area contributed by atoms with E-state index in [4.69, 9.17) is 9.47 Å². The highest BCUT2D eigenvalue weighted by Gasteiger charge is 2.32. The fraction of sp³-hybridized carbons (Fsp3) is 0.360. The summed E-state index contributed by atoms with van der Waals surface area (Å²) in [5, 5.41) is 6.20. The smallest absolute Gasteiger partial charge is 0.320 e. The minimum absolute atomic E-state index is 0.139. The minimum atomic E-state index is -0.185. The van der Waals surface area contributed by atoms with Crippen LogP contribution in [-0.4, -0.2) is 74.6 Å². The number of anilines is 2. The summed E-state index contributed by atoms with van der Waals surface area (Å²) in [5.41, 5.74) is 5.13. The third-order valence-corrected chi connectivity index (χ3v) is 6.26. The Balaban J connectivity index is 1.16. The summed E-state index contributed by atoms with van der Waals surface area (Å²) in [7, 11) is 2.09. The van der Waals surface area contributed by atoms with Gasteiger partial charge in [0.2, 0.25) is 0 Å². The van der Waals surface area contributed by atoms with Crippen LogP contribution in [0.5, 0.6) is 0 Å². The Morgan fingerprint density at radius 2 is 1.94 bits per heavy atom. The number of nitrogens with zero attached hydrogens (tertiary/aromatic N) is 2. The molecule has 2 N–H and O–H groups in total. The molecule has 0 spiro atoms. The van der Waals surface area contributed by atoms with Crippen LogP contribution in [0.4, 0.5) is 11.4 Å². The average Bonchev–Trinajstić information content (AvgIpc) is 3.37. The van der Waals surface area contributed by atoms with Crippen LogP contribution in [0.3, 0.4) is 0 Å². The maximum absolute atomic E-state index is 12.6. The van der Waals surface area contributed by atoms with E-state index < -0.39 is 0 Å². The van der Waals surface area contributed by atoms with Crippen LogP contribution in [0.2, 0.25) is 0 Å². The number of piperazine rings is 1. The molecular formula is C25H28N4O4. The number of esters is 1. The first-order valence-electron chi connectivity index (χ1n) is 11.3. The van der Waals surface area contributed by atoms with E-state index in [1.165, 1.54) is 0 Å². The Labute approximate surface area is 193 Å². The second-order valence-electron chi connectivity index (χ2n) is 8.59. The summed E-state index contributed by atoms with van der Waals surface area (Å²) in [6, 6.07) is 13.6. The van der Waals surface area contributed by atoms with Gasteiger partial charge in [-0.15, -0.1) is 0 Å². The zero-order chi connectivity index (χ0) is 22.8. The molecule has 3 aliphatic heterocycles. The van der Waals surface area contributed by atoms with Crippen LogP contribution in [-0.2, 0) is 25.7 Å². The van der Waals surface area contributed by atoms with Crippen molar-refractivity contribution >= 4 is 34.6 Å². The number of ether oxygens (including phenoxy) is 2. The molecule has 0 unspecified atom stereocenters. The van der Waals surface area contributed by atoms with E-state index in [0.29, 0.717) is 37.6 Å². The van der Waals surface area contributed by atoms with Gasteiger partial charge in [0.1, 0.15) is 19.0 Å². The number of carbonyl (C=O) groups excluding carboxylic acids is 2. The number of rotatable bonds is 6. The van der Waals surface area contributed by atoms with Gasteiger partial charge in [0.25, 0.3) is 5.91 Å².